The summed E-state index contributed by atoms with van der Waals surface area (Å²) in [6.45, 7) is 3.87. The second-order valence-corrected chi connectivity index (χ2v) is 8.36. The van der Waals surface area contributed by atoms with Crippen LogP contribution in [0.15, 0.2) is 66.1 Å². The molecule has 2 aromatic rings. The second kappa shape index (κ2) is 7.33. The molecule has 26 heavy (non-hydrogen) atoms. The third-order valence-corrected chi connectivity index (χ3v) is 5.35. The van der Waals surface area contributed by atoms with Gasteiger partial charge in [0.25, 0.3) is 5.91 Å². The van der Waals surface area contributed by atoms with E-state index in [1.54, 1.807) is 42.5 Å². The number of anilines is 1. The number of hydrogen-bond acceptors (Lipinski definition) is 4. The van der Waals surface area contributed by atoms with E-state index < -0.39 is 15.9 Å². The molecular weight excluding hydrogens is 350 g/mol. The van der Waals surface area contributed by atoms with Gasteiger partial charge < -0.3 is 9.64 Å². The Kier molecular flexibility index (Phi) is 5.13. The van der Waals surface area contributed by atoms with Crippen LogP contribution in [0.5, 0.6) is 5.75 Å². The summed E-state index contributed by atoms with van der Waals surface area (Å²) in [7, 11) is -3.28. The van der Waals surface area contributed by atoms with Gasteiger partial charge in [0.05, 0.1) is 17.9 Å². The molecule has 136 valence electrons. The number of benzene rings is 2. The van der Waals surface area contributed by atoms with Crippen molar-refractivity contribution in [3.63, 3.8) is 0 Å². The molecule has 2 aromatic carbocycles. The summed E-state index contributed by atoms with van der Waals surface area (Å²) in [5, 5.41) is 1.18. The number of hydrogen-bond donors (Lipinski definition) is 0. The van der Waals surface area contributed by atoms with Crippen LogP contribution in [0, 0.1) is 0 Å². The minimum absolute atomic E-state index is 0.0474. The Morgan fingerprint density at radius 1 is 1.08 bits per heavy atom. The minimum atomic E-state index is -3.28. The SMILES string of the molecule is CC(C)Oc1ccc(C(=O)N(c2ccccc2)C2C=CS(=O)(=O)C2)cc1. The highest BCUT2D eigenvalue weighted by molar-refractivity contribution is 7.94. The Balaban J connectivity index is 1.92. The number of carbonyl (C=O) groups is 1. The fourth-order valence-corrected chi connectivity index (χ4v) is 4.12. The number of nitrogens with zero attached hydrogens (tertiary/aromatic N) is 1. The molecule has 1 aliphatic rings. The van der Waals surface area contributed by atoms with Crippen molar-refractivity contribution in [2.75, 3.05) is 10.7 Å². The van der Waals surface area contributed by atoms with Crippen molar-refractivity contribution in [1.82, 2.24) is 0 Å². The standard InChI is InChI=1S/C20H21NO4S/c1-15(2)25-19-10-8-16(9-11-19)20(22)21(17-6-4-3-5-7-17)18-12-13-26(23,24)14-18/h3-13,15,18H,14H2,1-2H3. The zero-order valence-corrected chi connectivity index (χ0v) is 15.5. The van der Waals surface area contributed by atoms with Crippen molar-refractivity contribution in [3.8, 4) is 5.75 Å². The van der Waals surface area contributed by atoms with E-state index in [9.17, 15) is 13.2 Å². The predicted octanol–water partition coefficient (Wildman–Crippen LogP) is 3.43. The molecule has 5 nitrogen and oxygen atoms in total. The van der Waals surface area contributed by atoms with Crippen LogP contribution >= 0.6 is 0 Å². The summed E-state index contributed by atoms with van der Waals surface area (Å²) in [6.07, 6.45) is 1.61. The van der Waals surface area contributed by atoms with Gasteiger partial charge in [-0.3, -0.25) is 4.79 Å². The lowest BCUT2D eigenvalue weighted by Gasteiger charge is -2.28. The maximum Gasteiger partial charge on any atom is 0.258 e. The normalized spacial score (nSPS) is 18.0. The molecule has 0 aromatic heterocycles. The Labute approximate surface area is 153 Å². The van der Waals surface area contributed by atoms with Crippen molar-refractivity contribution in [2.45, 2.75) is 26.0 Å². The summed E-state index contributed by atoms with van der Waals surface area (Å²) in [6, 6.07) is 15.5. The van der Waals surface area contributed by atoms with Crippen LogP contribution in [0.3, 0.4) is 0 Å². The molecule has 1 heterocycles. The van der Waals surface area contributed by atoms with Crippen molar-refractivity contribution in [1.29, 1.82) is 0 Å². The summed E-state index contributed by atoms with van der Waals surface area (Å²) >= 11 is 0. The molecule has 0 saturated heterocycles. The average molecular weight is 371 g/mol. The van der Waals surface area contributed by atoms with E-state index in [1.807, 2.05) is 32.0 Å². The third-order valence-electron chi connectivity index (χ3n) is 3.97. The molecule has 1 atom stereocenters. The van der Waals surface area contributed by atoms with E-state index >= 15 is 0 Å². The molecule has 6 heteroatoms. The smallest absolute Gasteiger partial charge is 0.258 e. The number of ether oxygens (including phenoxy) is 1. The fraction of sp³-hybridized carbons (Fsp3) is 0.250. The largest absolute Gasteiger partial charge is 0.491 e. The zero-order chi connectivity index (χ0) is 18.7. The monoisotopic (exact) mass is 371 g/mol. The molecule has 0 N–H and O–H groups in total. The van der Waals surface area contributed by atoms with Crippen LogP contribution in [-0.4, -0.2) is 32.2 Å². The Hall–Kier alpha value is -2.60. The van der Waals surface area contributed by atoms with Gasteiger partial charge in [-0.15, -0.1) is 0 Å². The van der Waals surface area contributed by atoms with Crippen molar-refractivity contribution in [2.24, 2.45) is 0 Å². The Morgan fingerprint density at radius 3 is 2.27 bits per heavy atom. The van der Waals surface area contributed by atoms with E-state index in [1.165, 1.54) is 10.3 Å². The lowest BCUT2D eigenvalue weighted by Crippen LogP contribution is -2.41. The first-order chi connectivity index (χ1) is 12.4. The van der Waals surface area contributed by atoms with Gasteiger partial charge in [-0.1, -0.05) is 18.2 Å². The highest BCUT2D eigenvalue weighted by Crippen LogP contribution is 2.25. The zero-order valence-electron chi connectivity index (χ0n) is 14.7. The number of carbonyl (C=O) groups excluding carboxylic acids is 1. The summed E-state index contributed by atoms with van der Waals surface area (Å²) in [5.74, 6) is 0.326. The summed E-state index contributed by atoms with van der Waals surface area (Å²) in [4.78, 5) is 14.7. The molecule has 1 unspecified atom stereocenters. The molecule has 1 amide bonds. The van der Waals surface area contributed by atoms with Gasteiger partial charge in [0.1, 0.15) is 5.75 Å². The molecule has 0 saturated carbocycles. The van der Waals surface area contributed by atoms with Crippen LogP contribution in [-0.2, 0) is 9.84 Å². The molecule has 0 fully saturated rings. The first-order valence-electron chi connectivity index (χ1n) is 8.42. The summed E-state index contributed by atoms with van der Waals surface area (Å²) < 4.78 is 29.3. The second-order valence-electron chi connectivity index (χ2n) is 6.43. The van der Waals surface area contributed by atoms with E-state index in [0.29, 0.717) is 17.0 Å². The van der Waals surface area contributed by atoms with Crippen molar-refractivity contribution >= 4 is 21.4 Å². The first kappa shape index (κ1) is 18.2. The quantitative estimate of drug-likeness (QED) is 0.808. The van der Waals surface area contributed by atoms with Gasteiger partial charge in [0.15, 0.2) is 9.84 Å². The molecule has 3 rings (SSSR count). The maximum absolute atomic E-state index is 13.1. The van der Waals surface area contributed by atoms with Crippen LogP contribution in [0.2, 0.25) is 0 Å². The number of rotatable bonds is 5. The van der Waals surface area contributed by atoms with Gasteiger partial charge in [-0.2, -0.15) is 0 Å². The minimum Gasteiger partial charge on any atom is -0.491 e. The van der Waals surface area contributed by atoms with Gasteiger partial charge >= 0.3 is 0 Å². The van der Waals surface area contributed by atoms with E-state index in [2.05, 4.69) is 0 Å². The van der Waals surface area contributed by atoms with Gasteiger partial charge in [0, 0.05) is 16.7 Å². The number of amides is 1. The Morgan fingerprint density at radius 2 is 1.73 bits per heavy atom. The fourth-order valence-electron chi connectivity index (χ4n) is 2.86. The third kappa shape index (κ3) is 4.14. The van der Waals surface area contributed by atoms with E-state index in [4.69, 9.17) is 4.74 Å². The lowest BCUT2D eigenvalue weighted by atomic mass is 10.1. The molecule has 0 radical (unpaired) electrons. The van der Waals surface area contributed by atoms with Crippen LogP contribution < -0.4 is 9.64 Å². The topological polar surface area (TPSA) is 63.7 Å². The number of para-hydroxylation sites is 1. The summed E-state index contributed by atoms with van der Waals surface area (Å²) in [5.41, 5.74) is 1.13. The molecule has 0 spiro atoms. The van der Waals surface area contributed by atoms with E-state index in [0.717, 1.165) is 0 Å². The average Bonchev–Trinajstić information content (AvgIpc) is 2.95. The van der Waals surface area contributed by atoms with Gasteiger partial charge in [-0.25, -0.2) is 8.42 Å². The molecule has 0 bridgehead atoms. The first-order valence-corrected chi connectivity index (χ1v) is 10.1. The predicted molar refractivity (Wildman–Crippen MR) is 102 cm³/mol. The van der Waals surface area contributed by atoms with Crippen molar-refractivity contribution in [3.05, 3.63) is 71.6 Å². The van der Waals surface area contributed by atoms with E-state index in [-0.39, 0.29) is 17.8 Å². The number of sulfone groups is 1. The maximum atomic E-state index is 13.1. The van der Waals surface area contributed by atoms with Gasteiger partial charge in [-0.05, 0) is 56.3 Å². The Bertz CT molecular complexity index is 903. The van der Waals surface area contributed by atoms with Gasteiger partial charge in [0.2, 0.25) is 0 Å². The molecule has 1 aliphatic heterocycles. The molecule has 0 aliphatic carbocycles. The highest BCUT2D eigenvalue weighted by Gasteiger charge is 2.31. The lowest BCUT2D eigenvalue weighted by molar-refractivity contribution is 0.0983. The van der Waals surface area contributed by atoms with Crippen LogP contribution in [0.25, 0.3) is 0 Å². The van der Waals surface area contributed by atoms with Crippen LogP contribution in [0.1, 0.15) is 24.2 Å². The molecular formula is C20H21NO4S. The van der Waals surface area contributed by atoms with Crippen molar-refractivity contribution < 1.29 is 17.9 Å². The van der Waals surface area contributed by atoms with Crippen LogP contribution in [0.4, 0.5) is 5.69 Å². The highest BCUT2D eigenvalue weighted by atomic mass is 32.2.